The zero-order chi connectivity index (χ0) is 16.7. The summed E-state index contributed by atoms with van der Waals surface area (Å²) in [5, 5.41) is 5.97. The van der Waals surface area contributed by atoms with E-state index in [1.54, 1.807) is 6.92 Å². The number of hydrogen-bond donors (Lipinski definition) is 2. The Hall–Kier alpha value is -2.32. The molecule has 0 bridgehead atoms. The van der Waals surface area contributed by atoms with Crippen molar-refractivity contribution in [2.24, 2.45) is 5.73 Å². The van der Waals surface area contributed by atoms with Crippen LogP contribution in [-0.4, -0.2) is 19.7 Å². The predicted octanol–water partition coefficient (Wildman–Crippen LogP) is 2.72. The van der Waals surface area contributed by atoms with Crippen LogP contribution in [-0.2, 0) is 0 Å². The van der Waals surface area contributed by atoms with E-state index in [9.17, 15) is 13.6 Å². The maximum absolute atomic E-state index is 13.4. The fourth-order valence-corrected chi connectivity index (χ4v) is 2.65. The lowest BCUT2D eigenvalue weighted by atomic mass is 10.1. The van der Waals surface area contributed by atoms with E-state index in [1.165, 1.54) is 24.4 Å². The second-order valence-corrected chi connectivity index (χ2v) is 5.40. The smallest absolute Gasteiger partial charge is 0.267 e. The Labute approximate surface area is 133 Å². The van der Waals surface area contributed by atoms with Gasteiger partial charge in [-0.1, -0.05) is 11.6 Å². The van der Waals surface area contributed by atoms with E-state index in [0.29, 0.717) is 0 Å². The highest BCUT2D eigenvalue weighted by atomic mass is 35.5. The molecule has 2 heterocycles. The van der Waals surface area contributed by atoms with Gasteiger partial charge in [-0.05, 0) is 19.1 Å². The third-order valence-electron chi connectivity index (χ3n) is 3.40. The van der Waals surface area contributed by atoms with Gasteiger partial charge in [-0.25, -0.2) is 18.3 Å². The van der Waals surface area contributed by atoms with Crippen LogP contribution in [0.5, 0.6) is 0 Å². The van der Waals surface area contributed by atoms with Gasteiger partial charge in [0.25, 0.3) is 12.0 Å². The Morgan fingerprint density at radius 2 is 2.09 bits per heavy atom. The molecule has 1 aromatic carbocycles. The van der Waals surface area contributed by atoms with Crippen molar-refractivity contribution in [3.63, 3.8) is 0 Å². The van der Waals surface area contributed by atoms with Crippen molar-refractivity contribution in [3.8, 4) is 5.82 Å². The van der Waals surface area contributed by atoms with Crippen LogP contribution in [0.1, 0.15) is 30.8 Å². The average molecular weight is 340 g/mol. The van der Waals surface area contributed by atoms with Crippen LogP contribution in [0.3, 0.4) is 0 Å². The van der Waals surface area contributed by atoms with Crippen molar-refractivity contribution in [1.82, 2.24) is 19.7 Å². The highest BCUT2D eigenvalue weighted by Gasteiger charge is 2.23. The van der Waals surface area contributed by atoms with Gasteiger partial charge < -0.3 is 5.73 Å². The largest absolute Gasteiger partial charge is 0.322 e. The topological polar surface area (TPSA) is 89.6 Å². The van der Waals surface area contributed by atoms with Gasteiger partial charge in [0, 0.05) is 6.07 Å². The quantitative estimate of drug-likeness (QED) is 0.767. The van der Waals surface area contributed by atoms with Crippen LogP contribution < -0.4 is 11.3 Å². The highest BCUT2D eigenvalue weighted by molar-refractivity contribution is 6.32. The molecule has 0 aliphatic rings. The van der Waals surface area contributed by atoms with Crippen LogP contribution in [0.4, 0.5) is 8.78 Å². The summed E-state index contributed by atoms with van der Waals surface area (Å²) in [5.74, 6) is 0.520. The van der Waals surface area contributed by atoms with Gasteiger partial charge in [0.1, 0.15) is 11.6 Å². The van der Waals surface area contributed by atoms with E-state index in [-0.39, 0.29) is 27.6 Å². The molecule has 3 N–H and O–H groups in total. The summed E-state index contributed by atoms with van der Waals surface area (Å²) in [7, 11) is 0. The van der Waals surface area contributed by atoms with Crippen LogP contribution in [0.25, 0.3) is 16.7 Å². The van der Waals surface area contributed by atoms with Crippen molar-refractivity contribution in [3.05, 3.63) is 51.2 Å². The number of benzene rings is 1. The number of nitrogens with one attached hydrogen (secondary N) is 1. The minimum atomic E-state index is -2.91. The molecule has 0 aliphatic heterocycles. The molecular formula is C14H12ClF2N5O. The molecule has 23 heavy (non-hydrogen) atoms. The van der Waals surface area contributed by atoms with Crippen LogP contribution in [0.15, 0.2) is 29.2 Å². The van der Waals surface area contributed by atoms with Crippen molar-refractivity contribution in [2.45, 2.75) is 19.4 Å². The van der Waals surface area contributed by atoms with Crippen molar-refractivity contribution >= 4 is 22.5 Å². The lowest BCUT2D eigenvalue weighted by Gasteiger charge is -2.16. The van der Waals surface area contributed by atoms with Crippen molar-refractivity contribution in [2.75, 3.05) is 0 Å². The summed E-state index contributed by atoms with van der Waals surface area (Å²) < 4.78 is 27.9. The summed E-state index contributed by atoms with van der Waals surface area (Å²) in [6.07, 6.45) is -1.47. The number of hydrogen-bond acceptors (Lipinski definition) is 4. The van der Waals surface area contributed by atoms with Crippen LogP contribution in [0.2, 0.25) is 5.02 Å². The first-order valence-electron chi connectivity index (χ1n) is 6.70. The first kappa shape index (κ1) is 15.6. The minimum absolute atomic E-state index is 0.123. The molecule has 3 aromatic rings. The molecule has 1 atom stereocenters. The normalized spacial score (nSPS) is 13.0. The Morgan fingerprint density at radius 1 is 1.35 bits per heavy atom. The number of halogens is 3. The Bertz CT molecular complexity index is 921. The zero-order valence-electron chi connectivity index (χ0n) is 11.9. The first-order chi connectivity index (χ1) is 10.9. The van der Waals surface area contributed by atoms with Gasteiger partial charge in [-0.2, -0.15) is 5.10 Å². The number of alkyl halides is 2. The molecule has 0 unspecified atom stereocenters. The fraction of sp³-hybridized carbons (Fsp3) is 0.214. The third-order valence-corrected chi connectivity index (χ3v) is 3.73. The maximum atomic E-state index is 13.4. The van der Waals surface area contributed by atoms with Gasteiger partial charge in [0.05, 0.1) is 33.7 Å². The zero-order valence-corrected chi connectivity index (χ0v) is 12.7. The molecule has 0 saturated carbocycles. The van der Waals surface area contributed by atoms with Gasteiger partial charge in [-0.15, -0.1) is 0 Å². The standard InChI is InChI=1S/C14H12ClF2N5O/c1-6(18)13-20-8-3-2-7(15)10(12(16)17)11(8)14(23)22(13)9-4-5-19-21-9/h2-6,12H,18H2,1H3,(H,19,21)/t6-/m0/s1. The third kappa shape index (κ3) is 2.49. The molecule has 120 valence electrons. The molecular weight excluding hydrogens is 328 g/mol. The second kappa shape index (κ2) is 5.71. The lowest BCUT2D eigenvalue weighted by molar-refractivity contribution is 0.153. The summed E-state index contributed by atoms with van der Waals surface area (Å²) in [6, 6.07) is 3.64. The summed E-state index contributed by atoms with van der Waals surface area (Å²) >= 11 is 5.85. The van der Waals surface area contributed by atoms with Crippen molar-refractivity contribution < 1.29 is 8.78 Å². The molecule has 0 radical (unpaired) electrons. The van der Waals surface area contributed by atoms with E-state index in [0.717, 1.165) is 4.57 Å². The number of nitrogens with two attached hydrogens (primary N) is 1. The lowest BCUT2D eigenvalue weighted by Crippen LogP contribution is -2.28. The number of aromatic amines is 1. The second-order valence-electron chi connectivity index (χ2n) is 5.00. The van der Waals surface area contributed by atoms with E-state index >= 15 is 0 Å². The molecule has 2 aromatic heterocycles. The SMILES string of the molecule is C[C@H](N)c1nc2ccc(Cl)c(C(F)F)c2c(=O)n1-c1ccn[nH]1. The Kier molecular flexibility index (Phi) is 3.87. The average Bonchev–Trinajstić information content (AvgIpc) is 3.00. The van der Waals surface area contributed by atoms with E-state index in [4.69, 9.17) is 17.3 Å². The monoisotopic (exact) mass is 339 g/mol. The summed E-state index contributed by atoms with van der Waals surface area (Å²) in [4.78, 5) is 17.1. The molecule has 0 aliphatic carbocycles. The number of nitrogens with zero attached hydrogens (tertiary/aromatic N) is 3. The summed E-state index contributed by atoms with van der Waals surface area (Å²) in [5.41, 5.74) is 4.79. The fourth-order valence-electron chi connectivity index (χ4n) is 2.41. The molecule has 0 fully saturated rings. The maximum Gasteiger partial charge on any atom is 0.267 e. The number of fused-ring (bicyclic) bond motifs is 1. The van der Waals surface area contributed by atoms with E-state index < -0.39 is 23.6 Å². The van der Waals surface area contributed by atoms with Gasteiger partial charge in [-0.3, -0.25) is 9.89 Å². The van der Waals surface area contributed by atoms with Crippen LogP contribution in [0, 0.1) is 0 Å². The molecule has 9 heteroatoms. The van der Waals surface area contributed by atoms with E-state index in [1.807, 2.05) is 0 Å². The molecule has 0 saturated heterocycles. The van der Waals surface area contributed by atoms with Crippen molar-refractivity contribution in [1.29, 1.82) is 0 Å². The van der Waals surface area contributed by atoms with E-state index in [2.05, 4.69) is 15.2 Å². The van der Waals surface area contributed by atoms with Gasteiger partial charge >= 0.3 is 0 Å². The highest BCUT2D eigenvalue weighted by Crippen LogP contribution is 2.32. The number of rotatable bonds is 3. The molecule has 0 spiro atoms. The first-order valence-corrected chi connectivity index (χ1v) is 7.08. The molecule has 3 rings (SSSR count). The molecule has 0 amide bonds. The predicted molar refractivity (Wildman–Crippen MR) is 82.1 cm³/mol. The molecule has 6 nitrogen and oxygen atoms in total. The van der Waals surface area contributed by atoms with Crippen LogP contribution >= 0.6 is 11.6 Å². The van der Waals surface area contributed by atoms with Gasteiger partial charge in [0.15, 0.2) is 0 Å². The van der Waals surface area contributed by atoms with Gasteiger partial charge in [0.2, 0.25) is 0 Å². The number of aromatic nitrogens is 4. The Balaban J connectivity index is 2.51. The number of H-pyrrole nitrogens is 1. The summed E-state index contributed by atoms with van der Waals surface area (Å²) in [6.45, 7) is 1.64. The Morgan fingerprint density at radius 3 is 2.65 bits per heavy atom. The minimum Gasteiger partial charge on any atom is -0.322 e.